The largest absolute Gasteiger partial charge is 0.417 e. The first-order valence-electron chi connectivity index (χ1n) is 24.9. The summed E-state index contributed by atoms with van der Waals surface area (Å²) in [6.45, 7) is 14.0. The van der Waals surface area contributed by atoms with Crippen LogP contribution in [0.2, 0.25) is 0 Å². The number of aromatic nitrogens is 14. The lowest BCUT2D eigenvalue weighted by Gasteiger charge is -2.22. The molecule has 21 heteroatoms. The van der Waals surface area contributed by atoms with Gasteiger partial charge in [-0.05, 0) is 109 Å². The molecule has 12 rings (SSSR count). The highest BCUT2D eigenvalue weighted by molar-refractivity contribution is 6.13. The normalized spacial score (nSPS) is 12.1. The maximum atomic E-state index is 15.4. The zero-order chi connectivity index (χ0) is 56.3. The minimum atomic E-state index is -5.31. The van der Waals surface area contributed by atoms with Gasteiger partial charge in [0.2, 0.25) is 0 Å². The summed E-state index contributed by atoms with van der Waals surface area (Å²) in [5.74, 6) is 5.22. The predicted molar refractivity (Wildman–Crippen MR) is 288 cm³/mol. The number of aryl methyl sites for hydroxylation is 8. The van der Waals surface area contributed by atoms with E-state index in [9.17, 15) is 18.4 Å². The zero-order valence-electron chi connectivity index (χ0n) is 43.8. The maximum Gasteiger partial charge on any atom is 0.417 e. The van der Waals surface area contributed by atoms with Gasteiger partial charge in [-0.25, -0.2) is 59.8 Å². The molecule has 0 saturated heterocycles. The Kier molecular flexibility index (Phi) is 11.8. The molecule has 0 fully saturated rings. The Morgan fingerprint density at radius 1 is 0.350 bits per heavy atom. The van der Waals surface area contributed by atoms with Crippen LogP contribution in [0.4, 0.5) is 26.3 Å². The maximum absolute atomic E-state index is 15.4. The van der Waals surface area contributed by atoms with Crippen molar-refractivity contribution in [3.05, 3.63) is 166 Å². The Bertz CT molecular complexity index is 4350. The lowest BCUT2D eigenvalue weighted by molar-refractivity contribution is -0.142. The number of fused-ring (bicyclic) bond motifs is 6. The lowest BCUT2D eigenvalue weighted by atomic mass is 9.92. The third-order valence-electron chi connectivity index (χ3n) is 13.7. The van der Waals surface area contributed by atoms with E-state index in [0.29, 0.717) is 131 Å². The van der Waals surface area contributed by atoms with E-state index < -0.39 is 29.0 Å². The second kappa shape index (κ2) is 18.6. The van der Waals surface area contributed by atoms with E-state index in [-0.39, 0.29) is 28.6 Å². The predicted octanol–water partition coefficient (Wildman–Crippen LogP) is 13.3. The standard InChI is InChI=1S/C59H41F6N15/c1-27-67-28(2)72-54(71-27)35-9-14-42-43-15-10-36(55-73-29(3)68-30(4)74-55)20-49(43)79(48(42)19-35)52-23-39(26-66)46(41-18-13-40(58(60,61)62)24-47(41)59(63,64)65)25-53(52)80-50-21-37(56-75-31(5)69-32(6)76-56)11-16-44(50)45-17-12-38(22-51(45)80)57-77-33(7)70-34(8)78-57/h9-25H,1-8H3. The first-order valence-corrected chi connectivity index (χ1v) is 24.9. The van der Waals surface area contributed by atoms with Gasteiger partial charge in [-0.15, -0.1) is 0 Å². The van der Waals surface area contributed by atoms with Crippen LogP contribution in [0.1, 0.15) is 63.3 Å². The summed E-state index contributed by atoms with van der Waals surface area (Å²) >= 11 is 0. The number of halogens is 6. The summed E-state index contributed by atoms with van der Waals surface area (Å²) in [5.41, 5.74) is 0.622. The molecule has 0 aliphatic rings. The van der Waals surface area contributed by atoms with Crippen LogP contribution in [0.3, 0.4) is 0 Å². The SMILES string of the molecule is Cc1nc(C)nc(-c2ccc3c4ccc(-c5nc(C)nc(C)n5)cc4n(-c4cc(C#N)c(-c5ccc(C(F)(F)F)cc5C(F)(F)F)cc4-n4c5cc(-c6nc(C)nc(C)n6)ccc5c5ccc(-c6nc(C)nc(C)n6)cc54)c3c2)n1. The number of benzene rings is 6. The van der Waals surface area contributed by atoms with Crippen LogP contribution < -0.4 is 0 Å². The van der Waals surface area contributed by atoms with Crippen molar-refractivity contribution in [3.63, 3.8) is 0 Å². The van der Waals surface area contributed by atoms with Gasteiger partial charge in [-0.3, -0.25) is 0 Å². The summed E-state index contributed by atoms with van der Waals surface area (Å²) in [6.07, 6.45) is -10.4. The van der Waals surface area contributed by atoms with Crippen molar-refractivity contribution >= 4 is 43.6 Å². The molecule has 15 nitrogen and oxygen atoms in total. The van der Waals surface area contributed by atoms with Crippen molar-refractivity contribution in [1.82, 2.24) is 68.9 Å². The van der Waals surface area contributed by atoms with Crippen molar-refractivity contribution in [2.75, 3.05) is 0 Å². The molecule has 0 atom stereocenters. The highest BCUT2D eigenvalue weighted by atomic mass is 19.4. The molecule has 0 unspecified atom stereocenters. The third-order valence-corrected chi connectivity index (χ3v) is 13.7. The summed E-state index contributed by atoms with van der Waals surface area (Å²) in [7, 11) is 0. The summed E-state index contributed by atoms with van der Waals surface area (Å²) in [4.78, 5) is 55.0. The minimum Gasteiger partial charge on any atom is -0.307 e. The molecule has 0 radical (unpaired) electrons. The number of alkyl halides is 6. The first-order chi connectivity index (χ1) is 38.1. The van der Waals surface area contributed by atoms with Gasteiger partial charge in [-0.2, -0.15) is 31.6 Å². The number of nitrogens with zero attached hydrogens (tertiary/aromatic N) is 15. The molecular weight excluding hydrogens is 1030 g/mol. The van der Waals surface area contributed by atoms with Gasteiger partial charge in [0.15, 0.2) is 23.3 Å². The molecular formula is C59H41F6N15. The van der Waals surface area contributed by atoms with E-state index in [1.807, 2.05) is 81.9 Å². The smallest absolute Gasteiger partial charge is 0.307 e. The fourth-order valence-electron chi connectivity index (χ4n) is 10.5. The molecule has 0 N–H and O–H groups in total. The first kappa shape index (κ1) is 50.8. The molecule has 6 aromatic carbocycles. The fraction of sp³-hybridized carbons (Fsp3) is 0.169. The van der Waals surface area contributed by atoms with Crippen LogP contribution in [0.15, 0.2) is 103 Å². The van der Waals surface area contributed by atoms with E-state index in [1.54, 1.807) is 55.4 Å². The van der Waals surface area contributed by atoms with Gasteiger partial charge in [0, 0.05) is 49.4 Å². The quantitative estimate of drug-likeness (QED) is 0.137. The highest BCUT2D eigenvalue weighted by Crippen LogP contribution is 2.47. The monoisotopic (exact) mass is 1070 g/mol. The van der Waals surface area contributed by atoms with E-state index >= 15 is 13.2 Å². The molecule has 6 aromatic heterocycles. The van der Waals surface area contributed by atoms with Gasteiger partial charge < -0.3 is 9.13 Å². The average Bonchev–Trinajstić information content (AvgIpc) is 4.08. The summed E-state index contributed by atoms with van der Waals surface area (Å²) in [6, 6.07) is 29.1. The van der Waals surface area contributed by atoms with Gasteiger partial charge in [-0.1, -0.05) is 54.6 Å². The zero-order valence-corrected chi connectivity index (χ0v) is 43.8. The third kappa shape index (κ3) is 8.93. The van der Waals surface area contributed by atoms with E-state index in [2.05, 4.69) is 65.9 Å². The molecule has 0 amide bonds. The van der Waals surface area contributed by atoms with Gasteiger partial charge in [0.25, 0.3) is 0 Å². The Hall–Kier alpha value is -9.97. The average molecular weight is 1070 g/mol. The summed E-state index contributed by atoms with van der Waals surface area (Å²) < 4.78 is 93.1. The number of nitriles is 1. The molecule has 394 valence electrons. The van der Waals surface area contributed by atoms with Gasteiger partial charge >= 0.3 is 12.4 Å². The van der Waals surface area contributed by atoms with Crippen molar-refractivity contribution in [2.24, 2.45) is 0 Å². The number of hydrogen-bond acceptors (Lipinski definition) is 13. The summed E-state index contributed by atoms with van der Waals surface area (Å²) in [5, 5.41) is 14.1. The van der Waals surface area contributed by atoms with E-state index in [0.717, 1.165) is 16.8 Å². The molecule has 0 spiro atoms. The Morgan fingerprint density at radius 3 is 0.950 bits per heavy atom. The van der Waals surface area contributed by atoms with Crippen molar-refractivity contribution in [2.45, 2.75) is 67.7 Å². The fourth-order valence-corrected chi connectivity index (χ4v) is 10.5. The molecule has 12 aromatic rings. The molecule has 0 saturated carbocycles. The van der Waals surface area contributed by atoms with Crippen molar-refractivity contribution < 1.29 is 26.3 Å². The Morgan fingerprint density at radius 2 is 0.662 bits per heavy atom. The van der Waals surface area contributed by atoms with Crippen LogP contribution >= 0.6 is 0 Å². The molecule has 0 aliphatic heterocycles. The molecule has 0 bridgehead atoms. The van der Waals surface area contributed by atoms with Crippen LogP contribution in [0.25, 0.3) is 112 Å². The van der Waals surface area contributed by atoms with Gasteiger partial charge in [0.05, 0.1) is 56.2 Å². The van der Waals surface area contributed by atoms with Gasteiger partial charge in [0.1, 0.15) is 46.6 Å². The lowest BCUT2D eigenvalue weighted by Crippen LogP contribution is -2.13. The second-order valence-corrected chi connectivity index (χ2v) is 19.4. The second-order valence-electron chi connectivity index (χ2n) is 19.4. The van der Waals surface area contributed by atoms with Crippen LogP contribution in [-0.4, -0.2) is 68.9 Å². The van der Waals surface area contributed by atoms with Crippen molar-refractivity contribution in [3.8, 4) is 74.1 Å². The van der Waals surface area contributed by atoms with Crippen molar-refractivity contribution in [1.29, 1.82) is 5.26 Å². The Labute approximate surface area is 450 Å². The van der Waals surface area contributed by atoms with Crippen LogP contribution in [0.5, 0.6) is 0 Å². The molecule has 6 heterocycles. The topological polar surface area (TPSA) is 188 Å². The minimum absolute atomic E-state index is 0.0751. The molecule has 0 aliphatic carbocycles. The Balaban J connectivity index is 1.29. The molecule has 80 heavy (non-hydrogen) atoms. The van der Waals surface area contributed by atoms with Crippen LogP contribution in [0, 0.1) is 66.7 Å². The highest BCUT2D eigenvalue weighted by Gasteiger charge is 2.39. The van der Waals surface area contributed by atoms with E-state index in [4.69, 9.17) is 0 Å². The van der Waals surface area contributed by atoms with E-state index in [1.165, 1.54) is 12.1 Å². The van der Waals surface area contributed by atoms with Crippen LogP contribution in [-0.2, 0) is 12.4 Å². The number of rotatable bonds is 7. The number of hydrogen-bond donors (Lipinski definition) is 0.